The Hall–Kier alpha value is -1.08. The predicted octanol–water partition coefficient (Wildman–Crippen LogP) is 1.63. The minimum Gasteiger partial charge on any atom is -0.482 e. The standard InChI is InChI=1S/C13H18ClFN2O3.ClH/c1-19-7-6-16-4-5-17-13(18)9-20-12-3-2-10(15)8-11(12)14;/h2-3,8,16H,4-7,9H2,1H3,(H,17,18);1H. The highest BCUT2D eigenvalue weighted by molar-refractivity contribution is 6.32. The summed E-state index contributed by atoms with van der Waals surface area (Å²) in [6.07, 6.45) is 0. The number of nitrogens with one attached hydrogen (secondary N) is 2. The molecule has 2 N–H and O–H groups in total. The summed E-state index contributed by atoms with van der Waals surface area (Å²) < 4.78 is 22.9. The second-order valence-corrected chi connectivity index (χ2v) is 4.36. The van der Waals surface area contributed by atoms with Crippen molar-refractivity contribution in [3.8, 4) is 5.75 Å². The van der Waals surface area contributed by atoms with Crippen molar-refractivity contribution in [3.05, 3.63) is 29.0 Å². The number of methoxy groups -OCH3 is 1. The van der Waals surface area contributed by atoms with E-state index in [1.165, 1.54) is 12.1 Å². The van der Waals surface area contributed by atoms with Crippen LogP contribution in [0.4, 0.5) is 4.39 Å². The second kappa shape index (κ2) is 11.6. The van der Waals surface area contributed by atoms with Gasteiger partial charge in [0.05, 0.1) is 11.6 Å². The van der Waals surface area contributed by atoms with Gasteiger partial charge in [0.25, 0.3) is 5.91 Å². The maximum atomic E-state index is 12.8. The second-order valence-electron chi connectivity index (χ2n) is 3.96. The molecule has 0 aliphatic heterocycles. The third-order valence-electron chi connectivity index (χ3n) is 2.36. The van der Waals surface area contributed by atoms with Crippen molar-refractivity contribution in [1.29, 1.82) is 0 Å². The first-order valence-electron chi connectivity index (χ1n) is 6.17. The zero-order valence-electron chi connectivity index (χ0n) is 11.7. The maximum absolute atomic E-state index is 12.8. The van der Waals surface area contributed by atoms with Gasteiger partial charge in [0.15, 0.2) is 6.61 Å². The summed E-state index contributed by atoms with van der Waals surface area (Å²) in [7, 11) is 1.63. The first-order valence-corrected chi connectivity index (χ1v) is 6.55. The maximum Gasteiger partial charge on any atom is 0.257 e. The van der Waals surface area contributed by atoms with Gasteiger partial charge < -0.3 is 20.1 Å². The lowest BCUT2D eigenvalue weighted by molar-refractivity contribution is -0.123. The van der Waals surface area contributed by atoms with E-state index in [1.54, 1.807) is 7.11 Å². The van der Waals surface area contributed by atoms with E-state index in [0.29, 0.717) is 19.7 Å². The predicted molar refractivity (Wildman–Crippen MR) is 81.9 cm³/mol. The molecule has 0 unspecified atom stereocenters. The van der Waals surface area contributed by atoms with Gasteiger partial charge in [-0.15, -0.1) is 12.4 Å². The van der Waals surface area contributed by atoms with Crippen molar-refractivity contribution >= 4 is 29.9 Å². The number of rotatable bonds is 9. The zero-order valence-corrected chi connectivity index (χ0v) is 13.2. The van der Waals surface area contributed by atoms with Crippen molar-refractivity contribution in [2.24, 2.45) is 0 Å². The van der Waals surface area contributed by atoms with Crippen LogP contribution in [0.3, 0.4) is 0 Å². The van der Waals surface area contributed by atoms with Crippen molar-refractivity contribution < 1.29 is 18.7 Å². The Bertz CT molecular complexity index is 436. The van der Waals surface area contributed by atoms with Gasteiger partial charge >= 0.3 is 0 Å². The van der Waals surface area contributed by atoms with Gasteiger partial charge in [-0.2, -0.15) is 0 Å². The zero-order chi connectivity index (χ0) is 14.8. The largest absolute Gasteiger partial charge is 0.482 e. The molecule has 0 spiro atoms. The van der Waals surface area contributed by atoms with E-state index in [9.17, 15) is 9.18 Å². The smallest absolute Gasteiger partial charge is 0.257 e. The number of carbonyl (C=O) groups excluding carboxylic acids is 1. The van der Waals surface area contributed by atoms with E-state index >= 15 is 0 Å². The lowest BCUT2D eigenvalue weighted by atomic mass is 10.3. The molecule has 1 rings (SSSR count). The molecule has 0 aliphatic rings. The molecule has 0 radical (unpaired) electrons. The van der Waals surface area contributed by atoms with E-state index in [1.807, 2.05) is 0 Å². The average molecular weight is 341 g/mol. The fraction of sp³-hybridized carbons (Fsp3) is 0.462. The van der Waals surface area contributed by atoms with Gasteiger partial charge in [-0.05, 0) is 18.2 Å². The molecular weight excluding hydrogens is 322 g/mol. The Kier molecular flexibility index (Phi) is 11.0. The number of hydrogen-bond donors (Lipinski definition) is 2. The van der Waals surface area contributed by atoms with Gasteiger partial charge in [-0.25, -0.2) is 4.39 Å². The minimum atomic E-state index is -0.450. The molecule has 0 bridgehead atoms. The fourth-order valence-electron chi connectivity index (χ4n) is 1.38. The van der Waals surface area contributed by atoms with Gasteiger partial charge in [0.2, 0.25) is 0 Å². The number of carbonyl (C=O) groups is 1. The molecule has 8 heteroatoms. The van der Waals surface area contributed by atoms with E-state index in [-0.39, 0.29) is 35.7 Å². The lowest BCUT2D eigenvalue weighted by Gasteiger charge is -2.09. The SMILES string of the molecule is COCCNCCNC(=O)COc1ccc(F)cc1Cl.Cl. The topological polar surface area (TPSA) is 59.6 Å². The van der Waals surface area contributed by atoms with Crippen LogP contribution < -0.4 is 15.4 Å². The van der Waals surface area contributed by atoms with Crippen LogP contribution in [-0.4, -0.2) is 45.9 Å². The summed E-state index contributed by atoms with van der Waals surface area (Å²) in [5.74, 6) is -0.436. The van der Waals surface area contributed by atoms with Crippen LogP contribution in [-0.2, 0) is 9.53 Å². The van der Waals surface area contributed by atoms with Crippen molar-refractivity contribution in [2.75, 3.05) is 40.0 Å². The van der Waals surface area contributed by atoms with Crippen molar-refractivity contribution in [2.45, 2.75) is 0 Å². The Balaban J connectivity index is 0.00000400. The van der Waals surface area contributed by atoms with Crippen LogP contribution in [0.2, 0.25) is 5.02 Å². The fourth-order valence-corrected chi connectivity index (χ4v) is 1.60. The van der Waals surface area contributed by atoms with Crippen LogP contribution in [0.1, 0.15) is 0 Å². The van der Waals surface area contributed by atoms with Crippen molar-refractivity contribution in [3.63, 3.8) is 0 Å². The molecule has 0 atom stereocenters. The number of benzene rings is 1. The molecule has 0 saturated carbocycles. The Labute approximate surface area is 134 Å². The van der Waals surface area contributed by atoms with E-state index < -0.39 is 5.82 Å². The molecular formula is C13H19Cl2FN2O3. The number of amides is 1. The summed E-state index contributed by atoms with van der Waals surface area (Å²) in [5.41, 5.74) is 0. The first-order chi connectivity index (χ1) is 9.63. The molecule has 1 amide bonds. The van der Waals surface area contributed by atoms with E-state index in [0.717, 1.165) is 12.6 Å². The summed E-state index contributed by atoms with van der Waals surface area (Å²) in [6, 6.07) is 3.74. The van der Waals surface area contributed by atoms with Gasteiger partial charge in [-0.3, -0.25) is 4.79 Å². The Morgan fingerprint density at radius 2 is 2.10 bits per heavy atom. The monoisotopic (exact) mass is 340 g/mol. The molecule has 0 aliphatic carbocycles. The average Bonchev–Trinajstić information content (AvgIpc) is 2.41. The quantitative estimate of drug-likeness (QED) is 0.671. The molecule has 21 heavy (non-hydrogen) atoms. The van der Waals surface area contributed by atoms with Crippen molar-refractivity contribution in [1.82, 2.24) is 10.6 Å². The van der Waals surface area contributed by atoms with Crippen LogP contribution >= 0.6 is 24.0 Å². The number of halogens is 3. The van der Waals surface area contributed by atoms with E-state index in [2.05, 4.69) is 10.6 Å². The molecule has 0 aromatic heterocycles. The van der Waals surface area contributed by atoms with Crippen LogP contribution in [0, 0.1) is 5.82 Å². The summed E-state index contributed by atoms with van der Waals surface area (Å²) in [4.78, 5) is 11.5. The van der Waals surface area contributed by atoms with Gasteiger partial charge in [-0.1, -0.05) is 11.6 Å². The molecule has 1 aromatic rings. The van der Waals surface area contributed by atoms with Crippen LogP contribution in [0.15, 0.2) is 18.2 Å². The highest BCUT2D eigenvalue weighted by Crippen LogP contribution is 2.24. The molecule has 120 valence electrons. The summed E-state index contributed by atoms with van der Waals surface area (Å²) in [5, 5.41) is 5.90. The van der Waals surface area contributed by atoms with Crippen LogP contribution in [0.5, 0.6) is 5.75 Å². The molecule has 1 aromatic carbocycles. The highest BCUT2D eigenvalue weighted by atomic mass is 35.5. The number of ether oxygens (including phenoxy) is 2. The molecule has 0 heterocycles. The van der Waals surface area contributed by atoms with E-state index in [4.69, 9.17) is 21.1 Å². The summed E-state index contributed by atoms with van der Waals surface area (Å²) >= 11 is 5.77. The van der Waals surface area contributed by atoms with Gasteiger partial charge in [0.1, 0.15) is 11.6 Å². The minimum absolute atomic E-state index is 0. The molecule has 0 saturated heterocycles. The normalized spacial score (nSPS) is 9.86. The van der Waals surface area contributed by atoms with Gasteiger partial charge in [0, 0.05) is 26.7 Å². The Morgan fingerprint density at radius 3 is 2.76 bits per heavy atom. The Morgan fingerprint density at radius 1 is 1.33 bits per heavy atom. The molecule has 5 nitrogen and oxygen atoms in total. The third kappa shape index (κ3) is 8.72. The third-order valence-corrected chi connectivity index (χ3v) is 2.65. The first kappa shape index (κ1) is 19.9. The molecule has 0 fully saturated rings. The summed E-state index contributed by atoms with van der Waals surface area (Å²) in [6.45, 7) is 2.33. The number of hydrogen-bond acceptors (Lipinski definition) is 4. The van der Waals surface area contributed by atoms with Crippen LogP contribution in [0.25, 0.3) is 0 Å². The highest BCUT2D eigenvalue weighted by Gasteiger charge is 2.06. The lowest BCUT2D eigenvalue weighted by Crippen LogP contribution is -2.35.